The first-order valence-corrected chi connectivity index (χ1v) is 9.16. The SMILES string of the molecule is COc1ccc([C@@H]2[C@@H](CO)OCCN2C(=O)Cc2ccc(F)c(F)c2)cc1OC. The van der Waals surface area contributed by atoms with E-state index in [-0.39, 0.29) is 25.5 Å². The van der Waals surface area contributed by atoms with E-state index in [2.05, 4.69) is 0 Å². The molecule has 3 rings (SSSR count). The molecule has 0 radical (unpaired) electrons. The molecule has 29 heavy (non-hydrogen) atoms. The Morgan fingerprint density at radius 2 is 1.90 bits per heavy atom. The van der Waals surface area contributed by atoms with Gasteiger partial charge in [-0.05, 0) is 35.4 Å². The molecule has 0 spiro atoms. The minimum absolute atomic E-state index is 0.0981. The van der Waals surface area contributed by atoms with E-state index in [4.69, 9.17) is 14.2 Å². The van der Waals surface area contributed by atoms with Crippen molar-refractivity contribution in [3.05, 3.63) is 59.2 Å². The molecule has 1 aliphatic heterocycles. The number of aliphatic hydroxyl groups excluding tert-OH is 1. The van der Waals surface area contributed by atoms with Crippen LogP contribution < -0.4 is 9.47 Å². The molecule has 0 bridgehead atoms. The van der Waals surface area contributed by atoms with E-state index >= 15 is 0 Å². The second kappa shape index (κ2) is 9.19. The Morgan fingerprint density at radius 1 is 1.14 bits per heavy atom. The van der Waals surface area contributed by atoms with E-state index in [1.165, 1.54) is 20.3 Å². The number of hydrogen-bond acceptors (Lipinski definition) is 5. The number of carbonyl (C=O) groups is 1. The van der Waals surface area contributed by atoms with Gasteiger partial charge in [0, 0.05) is 6.54 Å². The van der Waals surface area contributed by atoms with Gasteiger partial charge in [0.2, 0.25) is 5.91 Å². The number of morpholine rings is 1. The van der Waals surface area contributed by atoms with Gasteiger partial charge < -0.3 is 24.2 Å². The first-order valence-electron chi connectivity index (χ1n) is 9.16. The third-order valence-corrected chi connectivity index (χ3v) is 4.94. The van der Waals surface area contributed by atoms with Crippen molar-refractivity contribution in [2.45, 2.75) is 18.6 Å². The van der Waals surface area contributed by atoms with Crippen LogP contribution in [0.3, 0.4) is 0 Å². The summed E-state index contributed by atoms with van der Waals surface area (Å²) in [5.41, 5.74) is 1.08. The lowest BCUT2D eigenvalue weighted by Gasteiger charge is -2.41. The van der Waals surface area contributed by atoms with Crippen LogP contribution in [0.25, 0.3) is 0 Å². The van der Waals surface area contributed by atoms with Crippen molar-refractivity contribution in [3.8, 4) is 11.5 Å². The topological polar surface area (TPSA) is 68.2 Å². The van der Waals surface area contributed by atoms with Crippen LogP contribution in [0.15, 0.2) is 36.4 Å². The monoisotopic (exact) mass is 407 g/mol. The first-order chi connectivity index (χ1) is 14.0. The number of aliphatic hydroxyl groups is 1. The quantitative estimate of drug-likeness (QED) is 0.797. The smallest absolute Gasteiger partial charge is 0.227 e. The van der Waals surface area contributed by atoms with E-state index < -0.39 is 23.8 Å². The summed E-state index contributed by atoms with van der Waals surface area (Å²) in [5.74, 6) is -1.22. The second-order valence-corrected chi connectivity index (χ2v) is 6.66. The average molecular weight is 407 g/mol. The van der Waals surface area contributed by atoms with E-state index in [0.29, 0.717) is 29.2 Å². The van der Waals surface area contributed by atoms with E-state index in [1.807, 2.05) is 0 Å². The third kappa shape index (κ3) is 4.49. The zero-order valence-electron chi connectivity index (χ0n) is 16.2. The Morgan fingerprint density at radius 3 is 2.55 bits per heavy atom. The van der Waals surface area contributed by atoms with Gasteiger partial charge in [-0.25, -0.2) is 8.78 Å². The average Bonchev–Trinajstić information content (AvgIpc) is 2.75. The maximum Gasteiger partial charge on any atom is 0.227 e. The number of halogens is 2. The molecule has 0 unspecified atom stereocenters. The lowest BCUT2D eigenvalue weighted by atomic mass is 9.97. The summed E-state index contributed by atoms with van der Waals surface area (Å²) in [6.07, 6.45) is -0.727. The minimum atomic E-state index is -0.998. The van der Waals surface area contributed by atoms with Crippen molar-refractivity contribution in [1.29, 1.82) is 0 Å². The summed E-state index contributed by atoms with van der Waals surface area (Å²) in [6, 6.07) is 8.06. The minimum Gasteiger partial charge on any atom is -0.493 e. The third-order valence-electron chi connectivity index (χ3n) is 4.94. The number of benzene rings is 2. The fourth-order valence-electron chi connectivity index (χ4n) is 3.52. The molecule has 2 atom stereocenters. The van der Waals surface area contributed by atoms with Crippen LogP contribution in [-0.2, 0) is 16.0 Å². The van der Waals surface area contributed by atoms with Gasteiger partial charge in [-0.2, -0.15) is 0 Å². The summed E-state index contributed by atoms with van der Waals surface area (Å²) in [5, 5.41) is 9.80. The highest BCUT2D eigenvalue weighted by Gasteiger charge is 2.36. The predicted octanol–water partition coefficient (Wildman–Crippen LogP) is 2.49. The molecule has 2 aromatic carbocycles. The number of nitrogens with zero attached hydrogens (tertiary/aromatic N) is 1. The van der Waals surface area contributed by atoms with Gasteiger partial charge in [0.25, 0.3) is 0 Å². The normalized spacial score (nSPS) is 19.1. The van der Waals surface area contributed by atoms with Crippen molar-refractivity contribution < 1.29 is 32.9 Å². The van der Waals surface area contributed by atoms with Gasteiger partial charge in [0.1, 0.15) is 6.10 Å². The molecule has 0 aromatic heterocycles. The van der Waals surface area contributed by atoms with Crippen LogP contribution in [-0.4, -0.2) is 56.0 Å². The van der Waals surface area contributed by atoms with Crippen LogP contribution >= 0.6 is 0 Å². The van der Waals surface area contributed by atoms with E-state index in [1.54, 1.807) is 23.1 Å². The highest BCUT2D eigenvalue weighted by atomic mass is 19.2. The number of amides is 1. The van der Waals surface area contributed by atoms with E-state index in [0.717, 1.165) is 12.1 Å². The second-order valence-electron chi connectivity index (χ2n) is 6.66. The van der Waals surface area contributed by atoms with Crippen LogP contribution in [0.4, 0.5) is 8.78 Å². The van der Waals surface area contributed by atoms with Crippen LogP contribution in [0.2, 0.25) is 0 Å². The number of ether oxygens (including phenoxy) is 3. The number of rotatable bonds is 6. The summed E-state index contributed by atoms with van der Waals surface area (Å²) in [7, 11) is 3.03. The molecule has 1 heterocycles. The molecule has 1 aliphatic rings. The summed E-state index contributed by atoms with van der Waals surface area (Å²) < 4.78 is 42.9. The highest BCUT2D eigenvalue weighted by Crippen LogP contribution is 2.36. The number of carbonyl (C=O) groups excluding carboxylic acids is 1. The standard InChI is InChI=1S/C21H23F2NO5/c1-27-17-6-4-14(11-18(17)28-2)21-19(12-25)29-8-7-24(21)20(26)10-13-3-5-15(22)16(23)9-13/h3-6,9,11,19,21,25H,7-8,10,12H2,1-2H3/t19-,21-/m1/s1. The molecular weight excluding hydrogens is 384 g/mol. The molecule has 1 fully saturated rings. The van der Waals surface area contributed by atoms with Crippen molar-refractivity contribution in [3.63, 3.8) is 0 Å². The van der Waals surface area contributed by atoms with Crippen LogP contribution in [0, 0.1) is 11.6 Å². The molecular formula is C21H23F2NO5. The van der Waals surface area contributed by atoms with E-state index in [9.17, 15) is 18.7 Å². The van der Waals surface area contributed by atoms with Crippen LogP contribution in [0.1, 0.15) is 17.2 Å². The fraction of sp³-hybridized carbons (Fsp3) is 0.381. The molecule has 2 aromatic rings. The van der Waals surface area contributed by atoms with Gasteiger partial charge in [-0.15, -0.1) is 0 Å². The molecule has 8 heteroatoms. The molecule has 1 N–H and O–H groups in total. The van der Waals surface area contributed by atoms with Gasteiger partial charge in [0.15, 0.2) is 23.1 Å². The Balaban J connectivity index is 1.90. The van der Waals surface area contributed by atoms with Gasteiger partial charge >= 0.3 is 0 Å². The summed E-state index contributed by atoms with van der Waals surface area (Å²) in [4.78, 5) is 14.6. The van der Waals surface area contributed by atoms with Crippen molar-refractivity contribution in [1.82, 2.24) is 4.90 Å². The molecule has 156 valence electrons. The number of methoxy groups -OCH3 is 2. The molecule has 6 nitrogen and oxygen atoms in total. The van der Waals surface area contributed by atoms with Crippen LogP contribution in [0.5, 0.6) is 11.5 Å². The first kappa shape index (κ1) is 21.0. The van der Waals surface area contributed by atoms with Crippen molar-refractivity contribution in [2.24, 2.45) is 0 Å². The largest absolute Gasteiger partial charge is 0.493 e. The predicted molar refractivity (Wildman–Crippen MR) is 101 cm³/mol. The van der Waals surface area contributed by atoms with Gasteiger partial charge in [0.05, 0.1) is 39.9 Å². The highest BCUT2D eigenvalue weighted by molar-refractivity contribution is 5.79. The Kier molecular flexibility index (Phi) is 6.66. The van der Waals surface area contributed by atoms with Gasteiger partial charge in [-0.1, -0.05) is 12.1 Å². The molecule has 1 amide bonds. The lowest BCUT2D eigenvalue weighted by Crippen LogP contribution is -2.50. The van der Waals surface area contributed by atoms with Gasteiger partial charge in [-0.3, -0.25) is 4.79 Å². The zero-order valence-corrected chi connectivity index (χ0v) is 16.2. The fourth-order valence-corrected chi connectivity index (χ4v) is 3.52. The lowest BCUT2D eigenvalue weighted by molar-refractivity contribution is -0.149. The van der Waals surface area contributed by atoms with Crippen molar-refractivity contribution >= 4 is 5.91 Å². The molecule has 0 aliphatic carbocycles. The molecule has 1 saturated heterocycles. The summed E-state index contributed by atoms with van der Waals surface area (Å²) >= 11 is 0. The zero-order chi connectivity index (χ0) is 21.0. The van der Waals surface area contributed by atoms with Crippen molar-refractivity contribution in [2.75, 3.05) is 34.0 Å². The Hall–Kier alpha value is -2.71. The summed E-state index contributed by atoms with van der Waals surface area (Å²) in [6.45, 7) is 0.282. The number of hydrogen-bond donors (Lipinski definition) is 1. The Labute approximate surface area is 167 Å². The molecule has 0 saturated carbocycles. The maximum atomic E-state index is 13.5. The Bertz CT molecular complexity index is 876. The maximum absolute atomic E-state index is 13.5.